The number of carboxylic acids is 1. The Bertz CT molecular complexity index is 849. The van der Waals surface area contributed by atoms with Crippen molar-refractivity contribution in [3.63, 3.8) is 0 Å². The minimum absolute atomic E-state index is 0.155. The largest absolute Gasteiger partial charge is 0.481 e. The molecule has 2 aromatic rings. The van der Waals surface area contributed by atoms with Crippen LogP contribution in [-0.2, 0) is 4.79 Å². The molecule has 2 amide bonds. The average Bonchev–Trinajstić information content (AvgIpc) is 2.99. The molecule has 0 bridgehead atoms. The van der Waals surface area contributed by atoms with Crippen molar-refractivity contribution < 1.29 is 28.4 Å². The maximum atomic E-state index is 12.5. The van der Waals surface area contributed by atoms with Gasteiger partial charge < -0.3 is 24.6 Å². The number of aryl methyl sites for hydroxylation is 1. The highest BCUT2D eigenvalue weighted by Gasteiger charge is 2.23. The van der Waals surface area contributed by atoms with Gasteiger partial charge in [-0.05, 0) is 37.3 Å². The molecular weight excluding hydrogens is 362 g/mol. The quantitative estimate of drug-likeness (QED) is 0.600. The molecule has 1 aromatic heterocycles. The van der Waals surface area contributed by atoms with Gasteiger partial charge >= 0.3 is 5.97 Å². The summed E-state index contributed by atoms with van der Waals surface area (Å²) in [4.78, 5) is 35.7. The highest BCUT2D eigenvalue weighted by molar-refractivity contribution is 6.03. The summed E-state index contributed by atoms with van der Waals surface area (Å²) in [5.41, 5.74) is 1.63. The molecule has 0 aliphatic heterocycles. The fraction of sp³-hybridized carbons (Fsp3) is 0.350. The van der Waals surface area contributed by atoms with Gasteiger partial charge in [0.25, 0.3) is 11.8 Å². The lowest BCUT2D eigenvalue weighted by Crippen LogP contribution is -2.49. The van der Waals surface area contributed by atoms with Crippen LogP contribution in [0.2, 0.25) is 0 Å². The van der Waals surface area contributed by atoms with E-state index in [4.69, 9.17) is 9.52 Å². The van der Waals surface area contributed by atoms with Crippen molar-refractivity contribution >= 4 is 23.5 Å². The highest BCUT2D eigenvalue weighted by atomic mass is 16.4. The van der Waals surface area contributed by atoms with Crippen molar-refractivity contribution in [2.45, 2.75) is 19.4 Å². The summed E-state index contributed by atoms with van der Waals surface area (Å²) in [6.07, 6.45) is 1.29. The Morgan fingerprint density at radius 2 is 1.71 bits per heavy atom. The molecule has 0 aliphatic rings. The number of hydrogen-bond donors (Lipinski definition) is 3. The molecule has 0 radical (unpaired) electrons. The molecule has 8 heteroatoms. The molecule has 1 heterocycles. The number of carbonyl (C=O) groups is 3. The highest BCUT2D eigenvalue weighted by Crippen LogP contribution is 2.14. The molecule has 1 unspecified atom stereocenters. The molecule has 0 saturated carbocycles. The molecule has 1 aromatic carbocycles. The van der Waals surface area contributed by atoms with E-state index in [-0.39, 0.29) is 24.0 Å². The average molecular weight is 388 g/mol. The fourth-order valence-corrected chi connectivity index (χ4v) is 2.80. The third-order valence-corrected chi connectivity index (χ3v) is 4.00. The summed E-state index contributed by atoms with van der Waals surface area (Å²) in [6.45, 7) is 2.25. The van der Waals surface area contributed by atoms with Crippen molar-refractivity contribution in [2.24, 2.45) is 0 Å². The lowest BCUT2D eigenvalue weighted by Gasteiger charge is -2.29. The summed E-state index contributed by atoms with van der Waals surface area (Å²) in [5.74, 6) is -1.47. The topological polar surface area (TPSA) is 109 Å². The number of rotatable bonds is 8. The zero-order valence-corrected chi connectivity index (χ0v) is 16.5. The van der Waals surface area contributed by atoms with Gasteiger partial charge in [0, 0.05) is 16.8 Å². The monoisotopic (exact) mass is 388 g/mol. The van der Waals surface area contributed by atoms with Crippen molar-refractivity contribution in [3.05, 3.63) is 53.5 Å². The standard InChI is InChI=1S/C20H25N3O5/c1-13-9-10-28-18(13)20(27)21-15-7-5-14(6-8-15)19(26)22-16(11-17(24)25)12-23(2,3)4/h5-10,16H,11-12H2,1-4H3,(H2-,21,22,24,25,26,27)/p+1. The van der Waals surface area contributed by atoms with Gasteiger partial charge in [-0.25, -0.2) is 0 Å². The van der Waals surface area contributed by atoms with E-state index in [0.29, 0.717) is 22.3 Å². The number of anilines is 1. The second kappa shape index (κ2) is 8.71. The summed E-state index contributed by atoms with van der Waals surface area (Å²) in [5, 5.41) is 14.6. The van der Waals surface area contributed by atoms with Gasteiger partial charge in [-0.3, -0.25) is 14.4 Å². The number of hydrogen-bond acceptors (Lipinski definition) is 4. The Hall–Kier alpha value is -3.13. The minimum atomic E-state index is -0.968. The van der Waals surface area contributed by atoms with Crippen LogP contribution in [0.5, 0.6) is 0 Å². The lowest BCUT2D eigenvalue weighted by molar-refractivity contribution is -0.871. The lowest BCUT2D eigenvalue weighted by atomic mass is 10.1. The fourth-order valence-electron chi connectivity index (χ4n) is 2.80. The van der Waals surface area contributed by atoms with E-state index in [9.17, 15) is 14.4 Å². The first-order valence-electron chi connectivity index (χ1n) is 8.84. The number of benzene rings is 1. The minimum Gasteiger partial charge on any atom is -0.481 e. The molecule has 0 fully saturated rings. The van der Waals surface area contributed by atoms with Crippen LogP contribution in [0.4, 0.5) is 5.69 Å². The van der Waals surface area contributed by atoms with Gasteiger partial charge in [-0.1, -0.05) is 0 Å². The molecule has 150 valence electrons. The van der Waals surface area contributed by atoms with E-state index in [0.717, 1.165) is 5.56 Å². The van der Waals surface area contributed by atoms with E-state index < -0.39 is 12.0 Å². The third-order valence-electron chi connectivity index (χ3n) is 4.00. The number of carbonyl (C=O) groups excluding carboxylic acids is 2. The molecule has 0 saturated heterocycles. The van der Waals surface area contributed by atoms with E-state index in [1.807, 2.05) is 21.1 Å². The van der Waals surface area contributed by atoms with Crippen LogP contribution in [0.3, 0.4) is 0 Å². The Kier molecular flexibility index (Phi) is 6.58. The van der Waals surface area contributed by atoms with Crippen molar-refractivity contribution in [1.29, 1.82) is 0 Å². The first kappa shape index (κ1) is 21.2. The van der Waals surface area contributed by atoms with Crippen LogP contribution in [-0.4, -0.2) is 61.1 Å². The normalized spacial score (nSPS) is 12.3. The molecule has 1 atom stereocenters. The van der Waals surface area contributed by atoms with E-state index in [1.54, 1.807) is 37.3 Å². The number of quaternary nitrogens is 1. The molecule has 2 rings (SSSR count). The number of amides is 2. The van der Waals surface area contributed by atoms with E-state index in [2.05, 4.69) is 10.6 Å². The van der Waals surface area contributed by atoms with Crippen LogP contribution in [0, 0.1) is 6.92 Å². The van der Waals surface area contributed by atoms with Crippen LogP contribution in [0.1, 0.15) is 32.9 Å². The maximum Gasteiger partial charge on any atom is 0.305 e. The maximum absolute atomic E-state index is 12.5. The smallest absolute Gasteiger partial charge is 0.305 e. The van der Waals surface area contributed by atoms with Gasteiger partial charge in [0.1, 0.15) is 0 Å². The number of aliphatic carboxylic acids is 1. The molecule has 28 heavy (non-hydrogen) atoms. The van der Waals surface area contributed by atoms with Crippen molar-refractivity contribution in [1.82, 2.24) is 5.32 Å². The van der Waals surface area contributed by atoms with E-state index >= 15 is 0 Å². The number of carboxylic acid groups (broad SMARTS) is 1. The van der Waals surface area contributed by atoms with Gasteiger partial charge in [-0.2, -0.15) is 0 Å². The first-order chi connectivity index (χ1) is 13.0. The van der Waals surface area contributed by atoms with Crippen LogP contribution in [0.25, 0.3) is 0 Å². The zero-order chi connectivity index (χ0) is 20.9. The number of nitrogens with one attached hydrogen (secondary N) is 2. The van der Waals surface area contributed by atoms with Gasteiger partial charge in [0.2, 0.25) is 0 Å². The molecule has 8 nitrogen and oxygen atoms in total. The Morgan fingerprint density at radius 1 is 1.07 bits per heavy atom. The van der Waals surface area contributed by atoms with E-state index in [1.165, 1.54) is 6.26 Å². The van der Waals surface area contributed by atoms with Crippen molar-refractivity contribution in [2.75, 3.05) is 33.0 Å². The second-order valence-corrected chi connectivity index (χ2v) is 7.71. The zero-order valence-electron chi connectivity index (χ0n) is 16.5. The predicted octanol–water partition coefficient (Wildman–Crippen LogP) is 2.12. The Labute approximate surface area is 163 Å². The Balaban J connectivity index is 2.02. The number of furan rings is 1. The number of nitrogens with zero attached hydrogens (tertiary/aromatic N) is 1. The van der Waals surface area contributed by atoms with Gasteiger partial charge in [0.15, 0.2) is 5.76 Å². The molecule has 3 N–H and O–H groups in total. The number of likely N-dealkylation sites (N-methyl/N-ethyl adjacent to an activating group) is 1. The molecule has 0 spiro atoms. The Morgan fingerprint density at radius 3 is 2.21 bits per heavy atom. The van der Waals surface area contributed by atoms with Gasteiger partial charge in [-0.15, -0.1) is 0 Å². The predicted molar refractivity (Wildman–Crippen MR) is 104 cm³/mol. The second-order valence-electron chi connectivity index (χ2n) is 7.71. The summed E-state index contributed by atoms with van der Waals surface area (Å²) in [6, 6.07) is 7.57. The van der Waals surface area contributed by atoms with Crippen LogP contribution in [0.15, 0.2) is 41.0 Å². The van der Waals surface area contributed by atoms with Crippen LogP contribution >= 0.6 is 0 Å². The molecular formula is C20H26N3O5+. The summed E-state index contributed by atoms with van der Waals surface area (Å²) < 4.78 is 5.67. The van der Waals surface area contributed by atoms with Crippen molar-refractivity contribution in [3.8, 4) is 0 Å². The van der Waals surface area contributed by atoms with Crippen LogP contribution < -0.4 is 10.6 Å². The SMILES string of the molecule is Cc1ccoc1C(=O)Nc1ccc(C(=O)NC(CC(=O)O)C[N+](C)(C)C)cc1. The summed E-state index contributed by atoms with van der Waals surface area (Å²) in [7, 11) is 5.79. The third kappa shape index (κ3) is 6.24. The first-order valence-corrected chi connectivity index (χ1v) is 8.84. The molecule has 0 aliphatic carbocycles. The summed E-state index contributed by atoms with van der Waals surface area (Å²) >= 11 is 0. The van der Waals surface area contributed by atoms with Gasteiger partial charge in [0.05, 0.1) is 46.4 Å².